The lowest BCUT2D eigenvalue weighted by Gasteiger charge is -2.33. The van der Waals surface area contributed by atoms with Gasteiger partial charge in [0.15, 0.2) is 0 Å². The summed E-state index contributed by atoms with van der Waals surface area (Å²) in [6, 6.07) is 7.84. The van der Waals surface area contributed by atoms with Gasteiger partial charge in [0.1, 0.15) is 5.75 Å². The molecule has 1 aliphatic heterocycles. The second-order valence-corrected chi connectivity index (χ2v) is 8.69. The molecular formula is C21H31NO2. The lowest BCUT2D eigenvalue weighted by molar-refractivity contribution is -0.00720. The Kier molecular flexibility index (Phi) is 4.12. The first-order valence-electron chi connectivity index (χ1n) is 9.76. The molecule has 2 atom stereocenters. The normalized spacial score (nSPS) is 34.9. The third kappa shape index (κ3) is 2.86. The number of benzene rings is 1. The number of nitrogens with zero attached hydrogens (tertiary/aromatic N) is 1. The highest BCUT2D eigenvalue weighted by Gasteiger charge is 2.65. The molecule has 4 rings (SSSR count). The van der Waals surface area contributed by atoms with E-state index in [1.54, 1.807) is 6.07 Å². The minimum atomic E-state index is -0.364. The fraction of sp³-hybridized carbons (Fsp3) is 0.714. The maximum atomic E-state index is 10.6. The van der Waals surface area contributed by atoms with E-state index in [2.05, 4.69) is 17.9 Å². The van der Waals surface area contributed by atoms with Crippen LogP contribution in [0.2, 0.25) is 0 Å². The summed E-state index contributed by atoms with van der Waals surface area (Å²) in [6.07, 6.45) is 7.81. The van der Waals surface area contributed by atoms with Crippen LogP contribution in [0.1, 0.15) is 57.4 Å². The molecule has 2 N–H and O–H groups in total. The number of piperidine rings is 1. The predicted octanol–water partition coefficient (Wildman–Crippen LogP) is 3.69. The van der Waals surface area contributed by atoms with E-state index in [9.17, 15) is 10.2 Å². The Morgan fingerprint density at radius 1 is 1.12 bits per heavy atom. The second kappa shape index (κ2) is 6.03. The minimum Gasteiger partial charge on any atom is -0.508 e. The lowest BCUT2D eigenvalue weighted by Crippen LogP contribution is -2.34. The largest absolute Gasteiger partial charge is 0.508 e. The van der Waals surface area contributed by atoms with E-state index in [1.165, 1.54) is 37.9 Å². The molecule has 3 fully saturated rings. The summed E-state index contributed by atoms with van der Waals surface area (Å²) in [6.45, 7) is 5.84. The molecule has 1 heterocycles. The van der Waals surface area contributed by atoms with Crippen LogP contribution in [0.25, 0.3) is 0 Å². The molecule has 0 bridgehead atoms. The van der Waals surface area contributed by atoms with Crippen molar-refractivity contribution < 1.29 is 10.2 Å². The summed E-state index contributed by atoms with van der Waals surface area (Å²) in [4.78, 5) is 2.59. The van der Waals surface area contributed by atoms with E-state index in [1.807, 2.05) is 12.1 Å². The van der Waals surface area contributed by atoms with Gasteiger partial charge in [-0.15, -0.1) is 0 Å². The Morgan fingerprint density at radius 2 is 1.83 bits per heavy atom. The van der Waals surface area contributed by atoms with Crippen molar-refractivity contribution in [2.24, 2.45) is 11.8 Å². The molecule has 3 nitrogen and oxygen atoms in total. The van der Waals surface area contributed by atoms with Gasteiger partial charge in [-0.3, -0.25) is 0 Å². The van der Waals surface area contributed by atoms with Crippen molar-refractivity contribution in [2.45, 2.75) is 62.9 Å². The van der Waals surface area contributed by atoms with Crippen LogP contribution in [0.4, 0.5) is 0 Å². The number of phenols is 1. The molecule has 3 heteroatoms. The van der Waals surface area contributed by atoms with Crippen LogP contribution >= 0.6 is 0 Å². The second-order valence-electron chi connectivity index (χ2n) is 8.69. The molecule has 2 aliphatic carbocycles. The van der Waals surface area contributed by atoms with Gasteiger partial charge in [0.2, 0.25) is 0 Å². The molecule has 2 unspecified atom stereocenters. The Bertz CT molecular complexity index is 581. The first kappa shape index (κ1) is 16.4. The standard InChI is InChI=1S/C21H31NO2/c1-20(16-7-5-8-17(23)13-16)18-14-22(15-19(18)20)12-6-11-21(24)9-3-2-4-10-21/h5,7-8,13,18-19,23-24H,2-4,6,9-12,14-15H2,1H3. The fourth-order valence-corrected chi connectivity index (χ4v) is 5.51. The first-order chi connectivity index (χ1) is 11.5. The molecular weight excluding hydrogens is 298 g/mol. The minimum absolute atomic E-state index is 0.261. The molecule has 0 aromatic heterocycles. The quantitative estimate of drug-likeness (QED) is 0.866. The molecule has 1 aromatic carbocycles. The third-order valence-electron chi connectivity index (χ3n) is 7.20. The molecule has 1 aromatic rings. The molecule has 0 amide bonds. The van der Waals surface area contributed by atoms with E-state index in [-0.39, 0.29) is 11.0 Å². The number of rotatable bonds is 5. The number of hydrogen-bond acceptors (Lipinski definition) is 3. The van der Waals surface area contributed by atoms with Crippen LogP contribution in [-0.2, 0) is 5.41 Å². The summed E-state index contributed by atoms with van der Waals surface area (Å²) in [5.74, 6) is 1.85. The Balaban J connectivity index is 1.26. The summed E-state index contributed by atoms with van der Waals surface area (Å²) in [5.41, 5.74) is 1.20. The van der Waals surface area contributed by atoms with Gasteiger partial charge in [0, 0.05) is 18.5 Å². The highest BCUT2D eigenvalue weighted by atomic mass is 16.3. The van der Waals surface area contributed by atoms with E-state index in [0.29, 0.717) is 5.75 Å². The van der Waals surface area contributed by atoms with Crippen molar-refractivity contribution in [3.8, 4) is 5.75 Å². The maximum Gasteiger partial charge on any atom is 0.115 e. The van der Waals surface area contributed by atoms with E-state index >= 15 is 0 Å². The van der Waals surface area contributed by atoms with Gasteiger partial charge in [-0.1, -0.05) is 38.3 Å². The summed E-state index contributed by atoms with van der Waals surface area (Å²) < 4.78 is 0. The molecule has 24 heavy (non-hydrogen) atoms. The topological polar surface area (TPSA) is 43.7 Å². The zero-order valence-corrected chi connectivity index (χ0v) is 14.9. The van der Waals surface area contributed by atoms with Gasteiger partial charge < -0.3 is 15.1 Å². The predicted molar refractivity (Wildman–Crippen MR) is 96.1 cm³/mol. The van der Waals surface area contributed by atoms with Crippen molar-refractivity contribution in [1.82, 2.24) is 4.90 Å². The van der Waals surface area contributed by atoms with Gasteiger partial charge in [0.05, 0.1) is 5.60 Å². The third-order valence-corrected chi connectivity index (χ3v) is 7.20. The van der Waals surface area contributed by atoms with E-state index < -0.39 is 0 Å². The summed E-state index contributed by atoms with van der Waals surface area (Å²) in [5, 5.41) is 20.4. The zero-order chi connectivity index (χ0) is 16.8. The van der Waals surface area contributed by atoms with E-state index in [4.69, 9.17) is 0 Å². The first-order valence-corrected chi connectivity index (χ1v) is 9.76. The van der Waals surface area contributed by atoms with Crippen molar-refractivity contribution in [3.63, 3.8) is 0 Å². The SMILES string of the molecule is CC1(c2cccc(O)c2)C2CN(CCCC3(O)CCCCC3)CC21. The number of aliphatic hydroxyl groups is 1. The molecule has 0 radical (unpaired) electrons. The van der Waals surface area contributed by atoms with Crippen LogP contribution in [0.15, 0.2) is 24.3 Å². The van der Waals surface area contributed by atoms with Crippen LogP contribution in [0.3, 0.4) is 0 Å². The summed E-state index contributed by atoms with van der Waals surface area (Å²) >= 11 is 0. The van der Waals surface area contributed by atoms with Crippen molar-refractivity contribution >= 4 is 0 Å². The smallest absolute Gasteiger partial charge is 0.115 e. The fourth-order valence-electron chi connectivity index (χ4n) is 5.51. The van der Waals surface area contributed by atoms with Crippen LogP contribution in [0.5, 0.6) is 5.75 Å². The molecule has 2 saturated carbocycles. The van der Waals surface area contributed by atoms with Crippen LogP contribution in [0, 0.1) is 11.8 Å². The number of likely N-dealkylation sites (tertiary alicyclic amines) is 1. The lowest BCUT2D eigenvalue weighted by atomic mass is 9.81. The van der Waals surface area contributed by atoms with Gasteiger partial charge in [0.25, 0.3) is 0 Å². The molecule has 0 spiro atoms. The van der Waals surface area contributed by atoms with Crippen LogP contribution < -0.4 is 0 Å². The van der Waals surface area contributed by atoms with Crippen molar-refractivity contribution in [2.75, 3.05) is 19.6 Å². The van der Waals surface area contributed by atoms with Gasteiger partial charge in [-0.25, -0.2) is 0 Å². The molecule has 1 saturated heterocycles. The highest BCUT2D eigenvalue weighted by Crippen LogP contribution is 2.63. The Labute approximate surface area is 145 Å². The van der Waals surface area contributed by atoms with Gasteiger partial charge >= 0.3 is 0 Å². The van der Waals surface area contributed by atoms with Gasteiger partial charge in [-0.05, 0) is 61.8 Å². The number of hydrogen-bond donors (Lipinski definition) is 2. The average molecular weight is 329 g/mol. The number of fused-ring (bicyclic) bond motifs is 1. The number of aromatic hydroxyl groups is 1. The summed E-state index contributed by atoms with van der Waals surface area (Å²) in [7, 11) is 0. The Hall–Kier alpha value is -1.06. The average Bonchev–Trinajstić information content (AvgIpc) is 2.93. The van der Waals surface area contributed by atoms with Crippen molar-refractivity contribution in [3.05, 3.63) is 29.8 Å². The van der Waals surface area contributed by atoms with Crippen LogP contribution in [-0.4, -0.2) is 40.3 Å². The highest BCUT2D eigenvalue weighted by molar-refractivity contribution is 5.41. The zero-order valence-electron chi connectivity index (χ0n) is 14.9. The maximum absolute atomic E-state index is 10.6. The van der Waals surface area contributed by atoms with Gasteiger partial charge in [-0.2, -0.15) is 0 Å². The van der Waals surface area contributed by atoms with Crippen molar-refractivity contribution in [1.29, 1.82) is 0 Å². The van der Waals surface area contributed by atoms with E-state index in [0.717, 1.165) is 44.1 Å². The number of phenolic OH excluding ortho intramolecular Hbond substituents is 1. The molecule has 132 valence electrons. The monoisotopic (exact) mass is 329 g/mol. The molecule has 3 aliphatic rings. The Morgan fingerprint density at radius 3 is 2.50 bits per heavy atom.